The van der Waals surface area contributed by atoms with Crippen LogP contribution in [-0.4, -0.2) is 50.9 Å². The first-order chi connectivity index (χ1) is 14.8. The molecular weight excluding hydrogens is 402 g/mol. The lowest BCUT2D eigenvalue weighted by Crippen LogP contribution is -2.28. The van der Waals surface area contributed by atoms with Crippen LogP contribution in [0, 0.1) is 0 Å². The molecule has 0 aliphatic carbocycles. The second kappa shape index (κ2) is 14.8. The van der Waals surface area contributed by atoms with Gasteiger partial charge in [-0.05, 0) is 32.1 Å². The molecule has 0 aliphatic rings. The van der Waals surface area contributed by atoms with Crippen molar-refractivity contribution in [2.45, 2.75) is 26.4 Å². The summed E-state index contributed by atoms with van der Waals surface area (Å²) in [6, 6.07) is 6.60. The number of nitrogens with two attached hydrogens (primary N) is 3. The van der Waals surface area contributed by atoms with Gasteiger partial charge in [-0.1, -0.05) is 12.1 Å². The van der Waals surface area contributed by atoms with E-state index in [1.807, 2.05) is 13.8 Å². The number of hydrogen-bond acceptors (Lipinski definition) is 8. The number of ether oxygens (including phenoxy) is 3. The Morgan fingerprint density at radius 1 is 1.03 bits per heavy atom. The van der Waals surface area contributed by atoms with E-state index in [0.29, 0.717) is 32.1 Å². The first-order valence-corrected chi connectivity index (χ1v) is 9.98. The number of para-hydroxylation sites is 1. The maximum absolute atomic E-state index is 12.6. The Kier molecular flexibility index (Phi) is 12.4. The number of allylic oxidation sites excluding steroid dienone is 2. The molecule has 10 heteroatoms. The van der Waals surface area contributed by atoms with Gasteiger partial charge in [0.25, 0.3) is 5.91 Å². The average molecular weight is 436 g/mol. The van der Waals surface area contributed by atoms with Crippen LogP contribution in [0.1, 0.15) is 30.6 Å². The zero-order valence-electron chi connectivity index (χ0n) is 18.1. The quantitative estimate of drug-likeness (QED) is 0.162. The summed E-state index contributed by atoms with van der Waals surface area (Å²) >= 11 is 0. The molecule has 0 unspecified atom stereocenters. The van der Waals surface area contributed by atoms with Gasteiger partial charge < -0.3 is 42.0 Å². The highest BCUT2D eigenvalue weighted by atomic mass is 16.5. The molecule has 0 saturated heterocycles. The highest BCUT2D eigenvalue weighted by Gasteiger charge is 2.13. The first-order valence-electron chi connectivity index (χ1n) is 9.98. The second-order valence-corrected chi connectivity index (χ2v) is 6.67. The molecule has 0 aliphatic heterocycles. The standard InChI is InChI=1S/C21H33N5O5/c1-15(2)31-19(24)8-7-18(23)26-21(28)16-5-3-4-6-17(16)25-20(27)9-11-29-13-14-30-12-10-22/h3-8,15H,9-14,22-24H2,1-2H3,(H,25,27)(H,26,28)/b18-7+,19-8+. The molecule has 0 fully saturated rings. The molecule has 8 N–H and O–H groups in total. The van der Waals surface area contributed by atoms with Gasteiger partial charge in [0.15, 0.2) is 5.88 Å². The third kappa shape index (κ3) is 11.6. The van der Waals surface area contributed by atoms with E-state index in [4.69, 9.17) is 31.4 Å². The smallest absolute Gasteiger partial charge is 0.258 e. The van der Waals surface area contributed by atoms with Crippen LogP contribution in [0.4, 0.5) is 5.69 Å². The highest BCUT2D eigenvalue weighted by molar-refractivity contribution is 6.04. The zero-order chi connectivity index (χ0) is 23.1. The third-order valence-electron chi connectivity index (χ3n) is 3.61. The van der Waals surface area contributed by atoms with Crippen LogP contribution in [0.5, 0.6) is 0 Å². The van der Waals surface area contributed by atoms with Gasteiger partial charge in [0.2, 0.25) is 5.91 Å². The monoisotopic (exact) mass is 435 g/mol. The Bertz CT molecular complexity index is 764. The molecule has 1 rings (SSSR count). The number of nitrogens with one attached hydrogen (secondary N) is 2. The molecule has 1 aromatic rings. The fourth-order valence-corrected chi connectivity index (χ4v) is 2.30. The molecule has 1 aromatic carbocycles. The SMILES string of the molecule is CC(C)O/C(N)=C/C=C(\N)NC(=O)c1ccccc1NC(=O)CCOCCOCCN. The molecule has 0 atom stereocenters. The molecular formula is C21H33N5O5. The van der Waals surface area contributed by atoms with Crippen molar-refractivity contribution in [2.75, 3.05) is 38.3 Å². The minimum absolute atomic E-state index is 0.0756. The van der Waals surface area contributed by atoms with E-state index in [1.165, 1.54) is 12.2 Å². The summed E-state index contributed by atoms with van der Waals surface area (Å²) in [5.74, 6) is -0.511. The van der Waals surface area contributed by atoms with Crippen LogP contribution in [0.2, 0.25) is 0 Å². The van der Waals surface area contributed by atoms with E-state index in [1.54, 1.807) is 24.3 Å². The number of carbonyl (C=O) groups is 2. The summed E-state index contributed by atoms with van der Waals surface area (Å²) in [4.78, 5) is 24.7. The Hall–Kier alpha value is -3.08. The maximum Gasteiger partial charge on any atom is 0.258 e. The lowest BCUT2D eigenvalue weighted by Gasteiger charge is -2.12. The molecule has 172 valence electrons. The summed E-state index contributed by atoms with van der Waals surface area (Å²) in [7, 11) is 0. The predicted molar refractivity (Wildman–Crippen MR) is 119 cm³/mol. The summed E-state index contributed by atoms with van der Waals surface area (Å²) < 4.78 is 15.8. The van der Waals surface area contributed by atoms with Gasteiger partial charge in [0, 0.05) is 12.6 Å². The van der Waals surface area contributed by atoms with E-state index in [2.05, 4.69) is 10.6 Å². The fraction of sp³-hybridized carbons (Fsp3) is 0.429. The van der Waals surface area contributed by atoms with Gasteiger partial charge in [-0.25, -0.2) is 0 Å². The van der Waals surface area contributed by atoms with Crippen LogP contribution >= 0.6 is 0 Å². The lowest BCUT2D eigenvalue weighted by atomic mass is 10.1. The topological polar surface area (TPSA) is 164 Å². The van der Waals surface area contributed by atoms with E-state index >= 15 is 0 Å². The predicted octanol–water partition coefficient (Wildman–Crippen LogP) is 0.762. The minimum atomic E-state index is -0.477. The van der Waals surface area contributed by atoms with Gasteiger partial charge >= 0.3 is 0 Å². The van der Waals surface area contributed by atoms with Crippen molar-refractivity contribution < 1.29 is 23.8 Å². The molecule has 0 bridgehead atoms. The number of amides is 2. The van der Waals surface area contributed by atoms with Crippen molar-refractivity contribution in [1.29, 1.82) is 0 Å². The maximum atomic E-state index is 12.6. The van der Waals surface area contributed by atoms with E-state index in [-0.39, 0.29) is 42.3 Å². The molecule has 0 radical (unpaired) electrons. The second-order valence-electron chi connectivity index (χ2n) is 6.67. The van der Waals surface area contributed by atoms with Crippen molar-refractivity contribution in [1.82, 2.24) is 5.32 Å². The number of anilines is 1. The van der Waals surface area contributed by atoms with Gasteiger partial charge in [0.1, 0.15) is 5.82 Å². The Morgan fingerprint density at radius 3 is 2.39 bits per heavy atom. The van der Waals surface area contributed by atoms with Crippen LogP contribution in [0.25, 0.3) is 0 Å². The van der Waals surface area contributed by atoms with Crippen LogP contribution in [0.3, 0.4) is 0 Å². The van der Waals surface area contributed by atoms with Gasteiger partial charge in [-0.2, -0.15) is 0 Å². The van der Waals surface area contributed by atoms with Crippen LogP contribution < -0.4 is 27.8 Å². The van der Waals surface area contributed by atoms with Gasteiger partial charge in [-0.15, -0.1) is 0 Å². The molecule has 0 heterocycles. The van der Waals surface area contributed by atoms with E-state index < -0.39 is 5.91 Å². The van der Waals surface area contributed by atoms with Crippen LogP contribution in [0.15, 0.2) is 48.1 Å². The Balaban J connectivity index is 2.58. The van der Waals surface area contributed by atoms with E-state index in [0.717, 1.165) is 0 Å². The molecule has 31 heavy (non-hydrogen) atoms. The van der Waals surface area contributed by atoms with Crippen molar-refractivity contribution in [2.24, 2.45) is 17.2 Å². The highest BCUT2D eigenvalue weighted by Crippen LogP contribution is 2.15. The Morgan fingerprint density at radius 2 is 1.71 bits per heavy atom. The number of carbonyl (C=O) groups excluding carboxylic acids is 2. The molecule has 0 saturated carbocycles. The number of benzene rings is 1. The van der Waals surface area contributed by atoms with Crippen molar-refractivity contribution in [3.8, 4) is 0 Å². The summed E-state index contributed by atoms with van der Waals surface area (Å²) in [5.41, 5.74) is 17.4. The van der Waals surface area contributed by atoms with Gasteiger partial charge in [-0.3, -0.25) is 9.59 Å². The molecule has 0 aromatic heterocycles. The fourth-order valence-electron chi connectivity index (χ4n) is 2.30. The van der Waals surface area contributed by atoms with Crippen molar-refractivity contribution in [3.63, 3.8) is 0 Å². The third-order valence-corrected chi connectivity index (χ3v) is 3.61. The van der Waals surface area contributed by atoms with E-state index in [9.17, 15) is 9.59 Å². The number of hydrogen-bond donors (Lipinski definition) is 5. The zero-order valence-corrected chi connectivity index (χ0v) is 18.1. The summed E-state index contributed by atoms with van der Waals surface area (Å²) in [6.07, 6.45) is 2.93. The Labute approximate surface area is 182 Å². The first kappa shape index (κ1) is 26.0. The minimum Gasteiger partial charge on any atom is -0.477 e. The molecule has 10 nitrogen and oxygen atoms in total. The normalized spacial score (nSPS) is 12.0. The summed E-state index contributed by atoms with van der Waals surface area (Å²) in [6.45, 7) is 5.62. The van der Waals surface area contributed by atoms with Crippen LogP contribution in [-0.2, 0) is 19.0 Å². The number of rotatable bonds is 14. The average Bonchev–Trinajstić information content (AvgIpc) is 2.71. The molecule has 2 amide bonds. The largest absolute Gasteiger partial charge is 0.477 e. The van der Waals surface area contributed by atoms with Crippen molar-refractivity contribution >= 4 is 17.5 Å². The summed E-state index contributed by atoms with van der Waals surface area (Å²) in [5, 5.41) is 5.25. The van der Waals surface area contributed by atoms with Crippen molar-refractivity contribution in [3.05, 3.63) is 53.7 Å². The van der Waals surface area contributed by atoms with Gasteiger partial charge in [0.05, 0.1) is 50.2 Å². The molecule has 0 spiro atoms. The lowest BCUT2D eigenvalue weighted by molar-refractivity contribution is -0.117.